The summed E-state index contributed by atoms with van der Waals surface area (Å²) in [6.07, 6.45) is 0.317. The molecule has 0 saturated heterocycles. The van der Waals surface area contributed by atoms with E-state index >= 15 is 0 Å². The number of carbonyl (C=O) groups excluding carboxylic acids is 1. The van der Waals surface area contributed by atoms with Crippen molar-refractivity contribution in [3.8, 4) is 0 Å². The average Bonchev–Trinajstić information content (AvgIpc) is 2.59. The van der Waals surface area contributed by atoms with Crippen LogP contribution in [0.4, 0.5) is 5.69 Å². The molecule has 0 aliphatic heterocycles. The van der Waals surface area contributed by atoms with Crippen molar-refractivity contribution in [2.45, 2.75) is 19.9 Å². The molecule has 140 valence electrons. The average molecular weight is 531 g/mol. The lowest BCUT2D eigenvalue weighted by molar-refractivity contribution is -0.130. The van der Waals surface area contributed by atoms with E-state index in [1.807, 2.05) is 55.5 Å². The molecule has 0 atom stereocenters. The summed E-state index contributed by atoms with van der Waals surface area (Å²) in [6, 6.07) is 15.7. The van der Waals surface area contributed by atoms with Crippen molar-refractivity contribution >= 4 is 57.5 Å². The molecule has 0 fully saturated rings. The molecule has 2 aromatic carbocycles. The van der Waals surface area contributed by atoms with Crippen LogP contribution in [0.5, 0.6) is 0 Å². The fourth-order valence-corrected chi connectivity index (χ4v) is 2.67. The standard InChI is InChI=1S/C19H23BrN4O.HI/c1-14-7-9-16(10-8-14)23-19(21)22-12-11-18(25)24(2)13-15-5-3-4-6-17(15)20;/h3-10H,11-13H2,1-2H3,(H3,21,22,23);1H. The lowest BCUT2D eigenvalue weighted by Gasteiger charge is -2.17. The first-order valence-corrected chi connectivity index (χ1v) is 8.86. The highest BCUT2D eigenvalue weighted by Crippen LogP contribution is 2.17. The van der Waals surface area contributed by atoms with Crippen molar-refractivity contribution in [1.82, 2.24) is 4.90 Å². The normalized spacial score (nSPS) is 10.8. The monoisotopic (exact) mass is 530 g/mol. The van der Waals surface area contributed by atoms with E-state index in [4.69, 9.17) is 5.73 Å². The van der Waals surface area contributed by atoms with E-state index in [1.165, 1.54) is 5.56 Å². The molecule has 3 N–H and O–H groups in total. The number of nitrogens with one attached hydrogen (secondary N) is 1. The summed E-state index contributed by atoms with van der Waals surface area (Å²) in [5.74, 6) is 0.341. The number of nitrogens with zero attached hydrogens (tertiary/aromatic N) is 2. The molecule has 0 bridgehead atoms. The van der Waals surface area contributed by atoms with Gasteiger partial charge in [0.1, 0.15) is 0 Å². The van der Waals surface area contributed by atoms with Crippen LogP contribution >= 0.6 is 39.9 Å². The molecular formula is C19H24BrIN4O. The molecule has 2 rings (SSSR count). The Morgan fingerprint density at radius 3 is 2.50 bits per heavy atom. The van der Waals surface area contributed by atoms with Gasteiger partial charge in [0, 0.05) is 30.2 Å². The number of rotatable bonds is 6. The zero-order chi connectivity index (χ0) is 18.2. The third kappa shape index (κ3) is 7.33. The number of carbonyl (C=O) groups is 1. The maximum atomic E-state index is 12.2. The highest BCUT2D eigenvalue weighted by Gasteiger charge is 2.10. The third-order valence-corrected chi connectivity index (χ3v) is 4.50. The van der Waals surface area contributed by atoms with Gasteiger partial charge in [-0.3, -0.25) is 9.79 Å². The minimum atomic E-state index is 0. The van der Waals surface area contributed by atoms with E-state index in [0.717, 1.165) is 15.7 Å². The first-order chi connectivity index (χ1) is 12.0. The highest BCUT2D eigenvalue weighted by molar-refractivity contribution is 14.0. The Bertz CT molecular complexity index is 749. The number of aliphatic imine (C=N–C) groups is 1. The second kappa shape index (κ2) is 11.2. The molecule has 0 spiro atoms. The van der Waals surface area contributed by atoms with E-state index in [0.29, 0.717) is 25.5 Å². The van der Waals surface area contributed by atoms with Crippen LogP contribution in [0.15, 0.2) is 58.0 Å². The number of aryl methyl sites for hydroxylation is 1. The summed E-state index contributed by atoms with van der Waals surface area (Å²) in [5, 5.41) is 3.02. The van der Waals surface area contributed by atoms with Crippen LogP contribution in [0.2, 0.25) is 0 Å². The van der Waals surface area contributed by atoms with Crippen LogP contribution in [0, 0.1) is 6.92 Å². The molecule has 0 unspecified atom stereocenters. The predicted octanol–water partition coefficient (Wildman–Crippen LogP) is 4.15. The topological polar surface area (TPSA) is 70.7 Å². The van der Waals surface area contributed by atoms with Gasteiger partial charge in [-0.25, -0.2) is 0 Å². The van der Waals surface area contributed by atoms with Crippen LogP contribution in [-0.4, -0.2) is 30.4 Å². The Balaban J connectivity index is 0.00000338. The number of hydrogen-bond acceptors (Lipinski definition) is 2. The van der Waals surface area contributed by atoms with Gasteiger partial charge in [-0.1, -0.05) is 51.8 Å². The van der Waals surface area contributed by atoms with Crippen molar-refractivity contribution in [2.75, 3.05) is 18.9 Å². The molecule has 5 nitrogen and oxygen atoms in total. The molecule has 26 heavy (non-hydrogen) atoms. The van der Waals surface area contributed by atoms with Crippen molar-refractivity contribution in [2.24, 2.45) is 10.7 Å². The van der Waals surface area contributed by atoms with Gasteiger partial charge in [-0.2, -0.15) is 0 Å². The lowest BCUT2D eigenvalue weighted by atomic mass is 10.2. The number of anilines is 1. The van der Waals surface area contributed by atoms with E-state index < -0.39 is 0 Å². The maximum absolute atomic E-state index is 12.2. The second-order valence-corrected chi connectivity index (χ2v) is 6.70. The molecule has 1 amide bonds. The Morgan fingerprint density at radius 2 is 1.85 bits per heavy atom. The molecule has 7 heteroatoms. The van der Waals surface area contributed by atoms with E-state index in [-0.39, 0.29) is 29.9 Å². The van der Waals surface area contributed by atoms with E-state index in [2.05, 4.69) is 26.2 Å². The lowest BCUT2D eigenvalue weighted by Crippen LogP contribution is -2.28. The van der Waals surface area contributed by atoms with Gasteiger partial charge in [0.15, 0.2) is 5.96 Å². The van der Waals surface area contributed by atoms with Crippen molar-refractivity contribution < 1.29 is 4.79 Å². The number of halogens is 2. The van der Waals surface area contributed by atoms with Crippen LogP contribution < -0.4 is 11.1 Å². The van der Waals surface area contributed by atoms with Gasteiger partial charge in [-0.05, 0) is 30.7 Å². The zero-order valence-corrected chi connectivity index (χ0v) is 18.8. The van der Waals surface area contributed by atoms with Crippen molar-refractivity contribution in [1.29, 1.82) is 0 Å². The summed E-state index contributed by atoms with van der Waals surface area (Å²) in [7, 11) is 1.79. The van der Waals surface area contributed by atoms with Gasteiger partial charge in [0.25, 0.3) is 0 Å². The molecular weight excluding hydrogens is 507 g/mol. The number of benzene rings is 2. The third-order valence-electron chi connectivity index (χ3n) is 3.72. The maximum Gasteiger partial charge on any atom is 0.224 e. The first-order valence-electron chi connectivity index (χ1n) is 8.06. The smallest absolute Gasteiger partial charge is 0.224 e. The van der Waals surface area contributed by atoms with Crippen LogP contribution in [0.3, 0.4) is 0 Å². The van der Waals surface area contributed by atoms with Gasteiger partial charge in [0.05, 0.1) is 6.54 Å². The minimum absolute atomic E-state index is 0. The Kier molecular flexibility index (Phi) is 9.64. The zero-order valence-electron chi connectivity index (χ0n) is 14.9. The highest BCUT2D eigenvalue weighted by atomic mass is 127. The minimum Gasteiger partial charge on any atom is -0.370 e. The largest absolute Gasteiger partial charge is 0.370 e. The summed E-state index contributed by atoms with van der Waals surface area (Å²) in [6.45, 7) is 2.93. The molecule has 0 saturated carbocycles. The van der Waals surface area contributed by atoms with Crippen LogP contribution in [0.1, 0.15) is 17.5 Å². The molecule has 2 aromatic rings. The Hall–Kier alpha value is -1.61. The van der Waals surface area contributed by atoms with Gasteiger partial charge >= 0.3 is 0 Å². The summed E-state index contributed by atoms with van der Waals surface area (Å²) >= 11 is 3.50. The SMILES string of the molecule is Cc1ccc(NC(N)=NCCC(=O)N(C)Cc2ccccc2Br)cc1.I. The number of amides is 1. The molecule has 0 aliphatic rings. The molecule has 0 aliphatic carbocycles. The second-order valence-electron chi connectivity index (χ2n) is 5.85. The number of guanidine groups is 1. The summed E-state index contributed by atoms with van der Waals surface area (Å²) < 4.78 is 0.999. The van der Waals surface area contributed by atoms with Gasteiger partial charge < -0.3 is 16.0 Å². The van der Waals surface area contributed by atoms with Crippen LogP contribution in [0.25, 0.3) is 0 Å². The van der Waals surface area contributed by atoms with Crippen molar-refractivity contribution in [3.63, 3.8) is 0 Å². The summed E-state index contributed by atoms with van der Waals surface area (Å²) in [4.78, 5) is 18.1. The molecule has 0 heterocycles. The molecule has 0 aromatic heterocycles. The van der Waals surface area contributed by atoms with Crippen molar-refractivity contribution in [3.05, 3.63) is 64.1 Å². The first kappa shape index (κ1) is 22.4. The van der Waals surface area contributed by atoms with E-state index in [9.17, 15) is 4.79 Å². The number of hydrogen-bond donors (Lipinski definition) is 2. The Labute approximate surface area is 180 Å². The Morgan fingerprint density at radius 1 is 1.19 bits per heavy atom. The summed E-state index contributed by atoms with van der Waals surface area (Å²) in [5.41, 5.74) is 8.99. The fraction of sp³-hybridized carbons (Fsp3) is 0.263. The van der Waals surface area contributed by atoms with Gasteiger partial charge in [0.2, 0.25) is 5.91 Å². The quantitative estimate of drug-likeness (QED) is 0.335. The van der Waals surface area contributed by atoms with Crippen LogP contribution in [-0.2, 0) is 11.3 Å². The number of nitrogens with two attached hydrogens (primary N) is 1. The van der Waals surface area contributed by atoms with E-state index in [1.54, 1.807) is 11.9 Å². The predicted molar refractivity (Wildman–Crippen MR) is 122 cm³/mol. The molecule has 0 radical (unpaired) electrons. The van der Waals surface area contributed by atoms with Gasteiger partial charge in [-0.15, -0.1) is 24.0 Å². The fourth-order valence-electron chi connectivity index (χ4n) is 2.26.